The van der Waals surface area contributed by atoms with Crippen molar-refractivity contribution in [3.8, 4) is 0 Å². The molecule has 128 valence electrons. The summed E-state index contributed by atoms with van der Waals surface area (Å²) in [4.78, 5) is 22.7. The molecule has 7 nitrogen and oxygen atoms in total. The van der Waals surface area contributed by atoms with Crippen molar-refractivity contribution in [2.45, 2.75) is 6.92 Å². The number of thioether (sulfide) groups is 1. The Hall–Kier alpha value is -1.71. The Balaban J connectivity index is 1.65. The number of hydrogen-bond donors (Lipinski definition) is 0. The molecule has 1 saturated heterocycles. The first-order chi connectivity index (χ1) is 11.5. The summed E-state index contributed by atoms with van der Waals surface area (Å²) in [7, 11) is -3.16. The molecular weight excluding hydrogens is 348 g/mol. The second kappa shape index (κ2) is 7.04. The highest BCUT2D eigenvalue weighted by molar-refractivity contribution is 8.18. The highest BCUT2D eigenvalue weighted by atomic mass is 32.2. The van der Waals surface area contributed by atoms with Gasteiger partial charge in [-0.05, 0) is 36.4 Å². The average molecular weight is 366 g/mol. The van der Waals surface area contributed by atoms with Gasteiger partial charge in [0.15, 0.2) is 5.17 Å². The van der Waals surface area contributed by atoms with E-state index >= 15 is 0 Å². The number of amidine groups is 1. The summed E-state index contributed by atoms with van der Waals surface area (Å²) >= 11 is 1.33. The van der Waals surface area contributed by atoms with Crippen LogP contribution in [0, 0.1) is 0 Å². The van der Waals surface area contributed by atoms with Gasteiger partial charge in [0, 0.05) is 38.6 Å². The third-order valence-corrected chi connectivity index (χ3v) is 6.78. The molecule has 0 N–H and O–H groups in total. The van der Waals surface area contributed by atoms with Crippen LogP contribution in [0.2, 0.25) is 0 Å². The SMILES string of the molecule is CCS(=O)(=O)N1CCN(C2=NC(=O)C(=Cc3cccnc3)S2)CC1. The maximum atomic E-state index is 12.1. The Kier molecular flexibility index (Phi) is 5.02. The van der Waals surface area contributed by atoms with E-state index in [0.717, 1.165) is 5.56 Å². The van der Waals surface area contributed by atoms with Gasteiger partial charge in [0.1, 0.15) is 0 Å². The number of hydrogen-bond acceptors (Lipinski definition) is 6. The Bertz CT molecular complexity index is 782. The number of piperazine rings is 1. The molecule has 0 aromatic carbocycles. The number of carbonyl (C=O) groups is 1. The molecule has 0 unspecified atom stereocenters. The molecule has 0 bridgehead atoms. The fraction of sp³-hybridized carbons (Fsp3) is 0.400. The van der Waals surface area contributed by atoms with Crippen LogP contribution in [-0.4, -0.2) is 65.6 Å². The van der Waals surface area contributed by atoms with Crippen molar-refractivity contribution in [3.63, 3.8) is 0 Å². The van der Waals surface area contributed by atoms with Crippen LogP contribution < -0.4 is 0 Å². The van der Waals surface area contributed by atoms with Crippen molar-refractivity contribution in [1.82, 2.24) is 14.2 Å². The molecule has 2 aliphatic rings. The van der Waals surface area contributed by atoms with Crippen LogP contribution in [-0.2, 0) is 14.8 Å². The monoisotopic (exact) mass is 366 g/mol. The molecule has 9 heteroatoms. The molecule has 0 saturated carbocycles. The second-order valence-corrected chi connectivity index (χ2v) is 8.65. The first kappa shape index (κ1) is 17.1. The van der Waals surface area contributed by atoms with E-state index in [1.165, 1.54) is 16.1 Å². The molecule has 0 radical (unpaired) electrons. The number of sulfonamides is 1. The van der Waals surface area contributed by atoms with Gasteiger partial charge >= 0.3 is 0 Å². The zero-order chi connectivity index (χ0) is 17.2. The van der Waals surface area contributed by atoms with Crippen LogP contribution in [0.1, 0.15) is 12.5 Å². The number of amides is 1. The van der Waals surface area contributed by atoms with Crippen LogP contribution in [0.25, 0.3) is 6.08 Å². The highest BCUT2D eigenvalue weighted by Crippen LogP contribution is 2.30. The van der Waals surface area contributed by atoms with Gasteiger partial charge in [-0.15, -0.1) is 0 Å². The molecule has 24 heavy (non-hydrogen) atoms. The van der Waals surface area contributed by atoms with Crippen molar-refractivity contribution < 1.29 is 13.2 Å². The Morgan fingerprint density at radius 2 is 2.04 bits per heavy atom. The lowest BCUT2D eigenvalue weighted by Gasteiger charge is -2.34. The van der Waals surface area contributed by atoms with E-state index in [0.29, 0.717) is 36.3 Å². The van der Waals surface area contributed by atoms with Gasteiger partial charge in [-0.25, -0.2) is 8.42 Å². The number of nitrogens with zero attached hydrogens (tertiary/aromatic N) is 4. The van der Waals surface area contributed by atoms with E-state index in [9.17, 15) is 13.2 Å². The third-order valence-electron chi connectivity index (χ3n) is 3.86. The highest BCUT2D eigenvalue weighted by Gasteiger charge is 2.31. The molecule has 0 aliphatic carbocycles. The molecule has 2 aliphatic heterocycles. The summed E-state index contributed by atoms with van der Waals surface area (Å²) in [5.41, 5.74) is 0.851. The number of pyridine rings is 1. The van der Waals surface area contributed by atoms with Gasteiger partial charge < -0.3 is 4.90 Å². The minimum atomic E-state index is -3.16. The van der Waals surface area contributed by atoms with Crippen LogP contribution >= 0.6 is 11.8 Å². The third kappa shape index (κ3) is 3.68. The van der Waals surface area contributed by atoms with Crippen LogP contribution in [0.5, 0.6) is 0 Å². The summed E-state index contributed by atoms with van der Waals surface area (Å²) < 4.78 is 25.3. The number of carbonyl (C=O) groups excluding carboxylic acids is 1. The van der Waals surface area contributed by atoms with Crippen LogP contribution in [0.15, 0.2) is 34.4 Å². The maximum Gasteiger partial charge on any atom is 0.286 e. The predicted molar refractivity (Wildman–Crippen MR) is 94.9 cm³/mol. The normalized spacial score (nSPS) is 21.4. The topological polar surface area (TPSA) is 82.9 Å². The first-order valence-electron chi connectivity index (χ1n) is 7.65. The lowest BCUT2D eigenvalue weighted by atomic mass is 10.2. The van der Waals surface area contributed by atoms with E-state index in [1.807, 2.05) is 17.0 Å². The molecule has 0 spiro atoms. The second-order valence-electron chi connectivity index (χ2n) is 5.38. The molecule has 3 heterocycles. The van der Waals surface area contributed by atoms with Crippen LogP contribution in [0.3, 0.4) is 0 Å². The van der Waals surface area contributed by atoms with Gasteiger partial charge in [0.25, 0.3) is 5.91 Å². The minimum absolute atomic E-state index is 0.110. The number of aliphatic imine (C=N–C) groups is 1. The van der Waals surface area contributed by atoms with Gasteiger partial charge in [-0.3, -0.25) is 9.78 Å². The van der Waals surface area contributed by atoms with Gasteiger partial charge in [0.05, 0.1) is 10.7 Å². The summed E-state index contributed by atoms with van der Waals surface area (Å²) in [5.74, 6) is -0.151. The molecule has 1 aromatic heterocycles. The van der Waals surface area contributed by atoms with E-state index in [4.69, 9.17) is 0 Å². The molecule has 1 amide bonds. The maximum absolute atomic E-state index is 12.1. The van der Waals surface area contributed by atoms with Crippen molar-refractivity contribution in [2.75, 3.05) is 31.9 Å². The zero-order valence-electron chi connectivity index (χ0n) is 13.3. The lowest BCUT2D eigenvalue weighted by Crippen LogP contribution is -2.50. The zero-order valence-corrected chi connectivity index (χ0v) is 14.9. The largest absolute Gasteiger partial charge is 0.348 e. The van der Waals surface area contributed by atoms with E-state index in [-0.39, 0.29) is 11.7 Å². The number of rotatable bonds is 3. The van der Waals surface area contributed by atoms with E-state index < -0.39 is 10.0 Å². The number of aromatic nitrogens is 1. The molecule has 1 aromatic rings. The summed E-state index contributed by atoms with van der Waals surface area (Å²) in [5, 5.41) is 0.642. The van der Waals surface area contributed by atoms with Crippen molar-refractivity contribution >= 4 is 38.9 Å². The Morgan fingerprint density at radius 3 is 2.67 bits per heavy atom. The van der Waals surface area contributed by atoms with Gasteiger partial charge in [-0.1, -0.05) is 6.07 Å². The molecule has 3 rings (SSSR count). The van der Waals surface area contributed by atoms with Crippen molar-refractivity contribution in [1.29, 1.82) is 0 Å². The van der Waals surface area contributed by atoms with Crippen molar-refractivity contribution in [3.05, 3.63) is 35.0 Å². The summed E-state index contributed by atoms with van der Waals surface area (Å²) in [6.07, 6.45) is 5.14. The quantitative estimate of drug-likeness (QED) is 0.743. The van der Waals surface area contributed by atoms with Gasteiger partial charge in [-0.2, -0.15) is 9.30 Å². The van der Waals surface area contributed by atoms with Gasteiger partial charge in [0.2, 0.25) is 10.0 Å². The molecule has 1 fully saturated rings. The standard InChI is InChI=1S/C15H18N4O3S2/c1-2-24(21,22)19-8-6-18(7-9-19)15-17-14(20)13(23-15)10-12-4-3-5-16-11-12/h3-5,10-11H,2,6-9H2,1H3. The van der Waals surface area contributed by atoms with Crippen molar-refractivity contribution in [2.24, 2.45) is 4.99 Å². The fourth-order valence-electron chi connectivity index (χ4n) is 2.49. The first-order valence-corrected chi connectivity index (χ1v) is 10.1. The Morgan fingerprint density at radius 1 is 1.29 bits per heavy atom. The predicted octanol–water partition coefficient (Wildman–Crippen LogP) is 1.02. The van der Waals surface area contributed by atoms with E-state index in [1.54, 1.807) is 25.4 Å². The summed E-state index contributed by atoms with van der Waals surface area (Å²) in [6, 6.07) is 3.69. The molecule has 0 atom stereocenters. The van der Waals surface area contributed by atoms with Crippen LogP contribution in [0.4, 0.5) is 0 Å². The average Bonchev–Trinajstić information content (AvgIpc) is 2.97. The molecular formula is C15H18N4O3S2. The summed E-state index contributed by atoms with van der Waals surface area (Å²) in [6.45, 7) is 3.57. The fourth-order valence-corrected chi connectivity index (χ4v) is 4.54. The lowest BCUT2D eigenvalue weighted by molar-refractivity contribution is -0.113. The van der Waals surface area contributed by atoms with E-state index in [2.05, 4.69) is 9.98 Å². The Labute approximate surface area is 145 Å². The minimum Gasteiger partial charge on any atom is -0.348 e. The smallest absolute Gasteiger partial charge is 0.286 e.